The molecule has 0 amide bonds. The number of phenols is 1. The predicted molar refractivity (Wildman–Crippen MR) is 69.1 cm³/mol. The number of aromatic hydroxyl groups is 1. The topological polar surface area (TPSA) is 46.2 Å². The van der Waals surface area contributed by atoms with Crippen LogP contribution in [0.1, 0.15) is 43.7 Å². The van der Waals surface area contributed by atoms with Crippen LogP contribution in [0.25, 0.3) is 0 Å². The van der Waals surface area contributed by atoms with Crippen molar-refractivity contribution in [3.8, 4) is 5.75 Å². The van der Waals surface area contributed by atoms with Crippen molar-refractivity contribution in [2.24, 2.45) is 11.7 Å². The Balaban J connectivity index is 2.16. The van der Waals surface area contributed by atoms with Gasteiger partial charge < -0.3 is 10.8 Å². The second-order valence-electron chi connectivity index (χ2n) is 5.99. The Morgan fingerprint density at radius 2 is 2.18 bits per heavy atom. The van der Waals surface area contributed by atoms with E-state index in [9.17, 15) is 5.11 Å². The molecule has 92 valence electrons. The number of hydrogen-bond acceptors (Lipinski definition) is 2. The van der Waals surface area contributed by atoms with E-state index in [1.165, 1.54) is 30.4 Å². The molecule has 0 spiro atoms. The summed E-state index contributed by atoms with van der Waals surface area (Å²) in [4.78, 5) is 0. The van der Waals surface area contributed by atoms with E-state index in [0.717, 1.165) is 12.8 Å². The monoisotopic (exact) mass is 231 g/mol. The van der Waals surface area contributed by atoms with E-state index in [2.05, 4.69) is 13.0 Å². The second-order valence-corrected chi connectivity index (χ2v) is 5.99. The van der Waals surface area contributed by atoms with E-state index in [1.54, 1.807) is 0 Å². The van der Waals surface area contributed by atoms with Crippen LogP contribution in [0.2, 0.25) is 0 Å². The Kier molecular flexibility index (Phi) is 2.44. The Morgan fingerprint density at radius 3 is 3.00 bits per heavy atom. The highest BCUT2D eigenvalue weighted by molar-refractivity contribution is 5.43. The van der Waals surface area contributed by atoms with Gasteiger partial charge in [-0.1, -0.05) is 25.8 Å². The third kappa shape index (κ3) is 1.58. The normalized spacial score (nSPS) is 36.1. The zero-order valence-electron chi connectivity index (χ0n) is 10.4. The van der Waals surface area contributed by atoms with Crippen LogP contribution in [0.5, 0.6) is 5.75 Å². The maximum absolute atomic E-state index is 9.72. The fourth-order valence-electron chi connectivity index (χ4n) is 3.87. The Labute approximate surface area is 103 Å². The van der Waals surface area contributed by atoms with Gasteiger partial charge in [0.25, 0.3) is 0 Å². The van der Waals surface area contributed by atoms with Crippen molar-refractivity contribution in [3.63, 3.8) is 0 Å². The highest BCUT2D eigenvalue weighted by Gasteiger charge is 2.44. The largest absolute Gasteiger partial charge is 0.508 e. The maximum atomic E-state index is 9.72. The fourth-order valence-corrected chi connectivity index (χ4v) is 3.87. The van der Waals surface area contributed by atoms with Crippen molar-refractivity contribution in [1.82, 2.24) is 0 Å². The SMILES string of the molecule is C[C@]12CCCCC(Cc3ccc(O)cc31)[C@@H]2N. The van der Waals surface area contributed by atoms with Gasteiger partial charge in [-0.05, 0) is 48.4 Å². The molecular weight excluding hydrogens is 210 g/mol. The van der Waals surface area contributed by atoms with Gasteiger partial charge in [0.05, 0.1) is 0 Å². The van der Waals surface area contributed by atoms with Crippen LogP contribution in [0, 0.1) is 5.92 Å². The molecule has 17 heavy (non-hydrogen) atoms. The maximum Gasteiger partial charge on any atom is 0.115 e. The lowest BCUT2D eigenvalue weighted by molar-refractivity contribution is 0.254. The summed E-state index contributed by atoms with van der Waals surface area (Å²) in [5, 5.41) is 9.72. The third-order valence-electron chi connectivity index (χ3n) is 4.96. The molecule has 2 aliphatic carbocycles. The number of nitrogens with two attached hydrogens (primary N) is 1. The summed E-state index contributed by atoms with van der Waals surface area (Å²) in [6.07, 6.45) is 6.06. The van der Waals surface area contributed by atoms with Crippen molar-refractivity contribution in [2.75, 3.05) is 0 Å². The molecular formula is C15H21NO. The van der Waals surface area contributed by atoms with Crippen LogP contribution >= 0.6 is 0 Å². The molecule has 0 heterocycles. The third-order valence-corrected chi connectivity index (χ3v) is 4.96. The molecule has 2 nitrogen and oxygen atoms in total. The number of hydrogen-bond donors (Lipinski definition) is 2. The molecule has 1 aromatic carbocycles. The van der Waals surface area contributed by atoms with Crippen molar-refractivity contribution in [2.45, 2.75) is 50.5 Å². The molecule has 0 aliphatic heterocycles. The van der Waals surface area contributed by atoms with Gasteiger partial charge >= 0.3 is 0 Å². The fraction of sp³-hybridized carbons (Fsp3) is 0.600. The van der Waals surface area contributed by atoms with Crippen LogP contribution in [0.4, 0.5) is 0 Å². The van der Waals surface area contributed by atoms with Crippen molar-refractivity contribution in [3.05, 3.63) is 29.3 Å². The Bertz CT molecular complexity index is 443. The summed E-state index contributed by atoms with van der Waals surface area (Å²) in [5.41, 5.74) is 9.26. The number of rotatable bonds is 0. The standard InChI is InChI=1S/C15H21NO/c1-15-7-3-2-4-11(14(15)16)8-10-5-6-12(17)9-13(10)15/h5-6,9,11,14,17H,2-4,7-8,16H2,1H3/t11?,14-,15-/m0/s1. The smallest absolute Gasteiger partial charge is 0.115 e. The molecule has 0 radical (unpaired) electrons. The molecule has 0 aromatic heterocycles. The summed E-state index contributed by atoms with van der Waals surface area (Å²) < 4.78 is 0. The lowest BCUT2D eigenvalue weighted by Gasteiger charge is -2.44. The molecule has 3 N–H and O–H groups in total. The van der Waals surface area contributed by atoms with E-state index in [1.807, 2.05) is 12.1 Å². The predicted octanol–water partition coefficient (Wildman–Crippen LogP) is 2.72. The lowest BCUT2D eigenvalue weighted by atomic mass is 9.63. The number of phenolic OH excluding ortho intramolecular Hbond substituents is 1. The quantitative estimate of drug-likeness (QED) is 0.721. The van der Waals surface area contributed by atoms with Crippen molar-refractivity contribution >= 4 is 0 Å². The molecule has 1 unspecified atom stereocenters. The van der Waals surface area contributed by atoms with Crippen LogP contribution in [-0.4, -0.2) is 11.1 Å². The molecule has 3 rings (SSSR count). The van der Waals surface area contributed by atoms with Crippen molar-refractivity contribution in [1.29, 1.82) is 0 Å². The van der Waals surface area contributed by atoms with Gasteiger partial charge in [0.15, 0.2) is 0 Å². The first-order valence-corrected chi connectivity index (χ1v) is 6.69. The minimum atomic E-state index is 0.0630. The first-order valence-electron chi connectivity index (χ1n) is 6.69. The van der Waals surface area contributed by atoms with Gasteiger partial charge in [-0.25, -0.2) is 0 Å². The average molecular weight is 231 g/mol. The summed E-state index contributed by atoms with van der Waals surface area (Å²) in [6.45, 7) is 2.29. The minimum absolute atomic E-state index is 0.0630. The summed E-state index contributed by atoms with van der Waals surface area (Å²) in [5.74, 6) is 0.999. The number of benzene rings is 1. The zero-order chi connectivity index (χ0) is 12.0. The minimum Gasteiger partial charge on any atom is -0.508 e. The van der Waals surface area contributed by atoms with Gasteiger partial charge in [-0.3, -0.25) is 0 Å². The molecule has 0 saturated heterocycles. The molecule has 2 aliphatic rings. The molecule has 1 saturated carbocycles. The van der Waals surface area contributed by atoms with E-state index >= 15 is 0 Å². The van der Waals surface area contributed by atoms with Crippen LogP contribution in [-0.2, 0) is 11.8 Å². The van der Waals surface area contributed by atoms with Gasteiger partial charge in [0.2, 0.25) is 0 Å². The average Bonchev–Trinajstić information content (AvgIpc) is 2.41. The van der Waals surface area contributed by atoms with Crippen LogP contribution < -0.4 is 5.73 Å². The molecule has 2 bridgehead atoms. The van der Waals surface area contributed by atoms with Crippen molar-refractivity contribution < 1.29 is 5.11 Å². The first-order chi connectivity index (χ1) is 8.11. The van der Waals surface area contributed by atoms with E-state index < -0.39 is 0 Å². The highest BCUT2D eigenvalue weighted by Crippen LogP contribution is 2.46. The highest BCUT2D eigenvalue weighted by atomic mass is 16.3. The lowest BCUT2D eigenvalue weighted by Crippen LogP contribution is -2.51. The van der Waals surface area contributed by atoms with Crippen LogP contribution in [0.3, 0.4) is 0 Å². The van der Waals surface area contributed by atoms with Gasteiger partial charge in [-0.2, -0.15) is 0 Å². The summed E-state index contributed by atoms with van der Waals surface area (Å²) in [6, 6.07) is 6.09. The number of fused-ring (bicyclic) bond motifs is 4. The molecule has 1 aromatic rings. The summed E-state index contributed by atoms with van der Waals surface area (Å²) >= 11 is 0. The van der Waals surface area contributed by atoms with E-state index in [4.69, 9.17) is 5.73 Å². The van der Waals surface area contributed by atoms with Crippen LogP contribution in [0.15, 0.2) is 18.2 Å². The second kappa shape index (κ2) is 3.74. The Hall–Kier alpha value is -1.02. The zero-order valence-corrected chi connectivity index (χ0v) is 10.4. The van der Waals surface area contributed by atoms with E-state index in [0.29, 0.717) is 11.7 Å². The van der Waals surface area contributed by atoms with Gasteiger partial charge in [-0.15, -0.1) is 0 Å². The molecule has 1 fully saturated rings. The van der Waals surface area contributed by atoms with Gasteiger partial charge in [0, 0.05) is 11.5 Å². The van der Waals surface area contributed by atoms with E-state index in [-0.39, 0.29) is 11.5 Å². The molecule has 2 heteroatoms. The Morgan fingerprint density at radius 1 is 1.35 bits per heavy atom. The molecule has 3 atom stereocenters. The van der Waals surface area contributed by atoms with Gasteiger partial charge in [0.1, 0.15) is 5.75 Å². The first kappa shape index (κ1) is 11.1. The summed E-state index contributed by atoms with van der Waals surface area (Å²) in [7, 11) is 0.